The van der Waals surface area contributed by atoms with E-state index in [1.165, 1.54) is 0 Å². The molecule has 0 bridgehead atoms. The van der Waals surface area contributed by atoms with Crippen LogP contribution in [0.3, 0.4) is 0 Å². The minimum absolute atomic E-state index is 0.329. The van der Waals surface area contributed by atoms with Crippen LogP contribution in [0, 0.1) is 5.92 Å². The molecule has 1 heterocycles. The van der Waals surface area contributed by atoms with Gasteiger partial charge in [0.25, 0.3) is 0 Å². The molecule has 0 unspecified atom stereocenters. The van der Waals surface area contributed by atoms with Gasteiger partial charge in [0.05, 0.1) is 13.2 Å². The fourth-order valence-electron chi connectivity index (χ4n) is 2.33. The van der Waals surface area contributed by atoms with E-state index in [2.05, 4.69) is 0 Å². The Morgan fingerprint density at radius 3 is 1.45 bits per heavy atom. The summed E-state index contributed by atoms with van der Waals surface area (Å²) in [5, 5.41) is 0. The first-order valence-electron chi connectivity index (χ1n) is 7.95. The summed E-state index contributed by atoms with van der Waals surface area (Å²) in [5.74, 6) is -37.6. The lowest BCUT2D eigenvalue weighted by Gasteiger charge is -2.40. The van der Waals surface area contributed by atoms with Crippen molar-refractivity contribution in [2.75, 3.05) is 13.2 Å². The molecule has 0 saturated carbocycles. The fraction of sp³-hybridized carbons (Fsp3) is 1.00. The predicted octanol–water partition coefficient (Wildman–Crippen LogP) is 5.90. The van der Waals surface area contributed by atoms with Gasteiger partial charge in [-0.1, -0.05) is 6.92 Å². The van der Waals surface area contributed by atoms with Crippen LogP contribution in [-0.4, -0.2) is 55.3 Å². The van der Waals surface area contributed by atoms with E-state index in [0.29, 0.717) is 6.42 Å². The van der Waals surface area contributed by atoms with Gasteiger partial charge in [-0.05, 0) is 12.8 Å². The minimum Gasteiger partial charge on any atom is -0.352 e. The molecule has 0 radical (unpaired) electrons. The number of rotatable bonds is 8. The van der Waals surface area contributed by atoms with Crippen molar-refractivity contribution in [3.63, 3.8) is 0 Å². The molecule has 1 aliphatic heterocycles. The first-order valence-corrected chi connectivity index (χ1v) is 7.95. The maximum absolute atomic E-state index is 13.6. The Balaban J connectivity index is 3.04. The third-order valence-corrected chi connectivity index (χ3v) is 4.23. The number of ether oxygens (including phenoxy) is 2. The topological polar surface area (TPSA) is 18.5 Å². The van der Waals surface area contributed by atoms with Crippen LogP contribution in [0.2, 0.25) is 0 Å². The molecule has 0 aromatic carbocycles. The van der Waals surface area contributed by atoms with Gasteiger partial charge in [-0.3, -0.25) is 0 Å². The Morgan fingerprint density at radius 1 is 0.655 bits per heavy atom. The van der Waals surface area contributed by atoms with Crippen molar-refractivity contribution >= 4 is 0 Å². The lowest BCUT2D eigenvalue weighted by Crippen LogP contribution is -2.70. The van der Waals surface area contributed by atoms with Crippen LogP contribution < -0.4 is 0 Å². The van der Waals surface area contributed by atoms with Crippen LogP contribution in [0.15, 0.2) is 0 Å². The molecule has 0 aromatic heterocycles. The average molecular weight is 462 g/mol. The van der Waals surface area contributed by atoms with Crippen LogP contribution in [0.5, 0.6) is 0 Å². The van der Waals surface area contributed by atoms with E-state index >= 15 is 0 Å². The summed E-state index contributed by atoms with van der Waals surface area (Å²) in [7, 11) is 0. The third-order valence-electron chi connectivity index (χ3n) is 4.23. The number of hydrogen-bond acceptors (Lipinski definition) is 2. The van der Waals surface area contributed by atoms with E-state index in [0.717, 1.165) is 0 Å². The largest absolute Gasteiger partial charge is 0.460 e. The number of alkyl halides is 13. The highest BCUT2D eigenvalue weighted by atomic mass is 19.4. The number of halogens is 13. The zero-order valence-corrected chi connectivity index (χ0v) is 14.4. The van der Waals surface area contributed by atoms with E-state index in [1.807, 2.05) is 0 Å². The standard InChI is InChI=1S/C14H15F13O2/c1-2-8-28-5-7(6-29-8)3-4-9(15,16)10(17,18)11(19,20)12(21,22)13(23,24)14(25,26)27/h7-8H,2-6H2,1H3. The lowest BCUT2D eigenvalue weighted by atomic mass is 9.90. The zero-order chi connectivity index (χ0) is 23.1. The van der Waals surface area contributed by atoms with Crippen molar-refractivity contribution in [1.29, 1.82) is 0 Å². The van der Waals surface area contributed by atoms with Crippen LogP contribution in [0.4, 0.5) is 57.1 Å². The summed E-state index contributed by atoms with van der Waals surface area (Å²) < 4.78 is 178. The van der Waals surface area contributed by atoms with Crippen LogP contribution >= 0.6 is 0 Å². The first-order chi connectivity index (χ1) is 12.8. The summed E-state index contributed by atoms with van der Waals surface area (Å²) in [4.78, 5) is 0. The summed E-state index contributed by atoms with van der Waals surface area (Å²) in [6.07, 6.45) is -11.1. The molecule has 1 aliphatic rings. The SMILES string of the molecule is CCC1OCC(CCC(F)(F)C(F)(F)C(F)(F)C(F)(F)C(F)(F)C(F)(F)F)CO1. The molecule has 2 nitrogen and oxygen atoms in total. The van der Waals surface area contributed by atoms with E-state index < -0.39 is 60.8 Å². The van der Waals surface area contributed by atoms with Gasteiger partial charge in [0.1, 0.15) is 0 Å². The Hall–Kier alpha value is -0.990. The van der Waals surface area contributed by atoms with E-state index in [-0.39, 0.29) is 13.2 Å². The summed E-state index contributed by atoms with van der Waals surface area (Å²) in [5.41, 5.74) is 0. The maximum atomic E-state index is 13.6. The molecule has 0 aromatic rings. The predicted molar refractivity (Wildman–Crippen MR) is 69.5 cm³/mol. The molecule has 174 valence electrons. The van der Waals surface area contributed by atoms with E-state index in [1.54, 1.807) is 6.92 Å². The van der Waals surface area contributed by atoms with Crippen molar-refractivity contribution in [3.8, 4) is 0 Å². The monoisotopic (exact) mass is 462 g/mol. The molecule has 1 fully saturated rings. The van der Waals surface area contributed by atoms with Gasteiger partial charge in [-0.2, -0.15) is 57.1 Å². The van der Waals surface area contributed by atoms with Crippen molar-refractivity contribution in [2.24, 2.45) is 5.92 Å². The van der Waals surface area contributed by atoms with Gasteiger partial charge in [0.2, 0.25) is 0 Å². The van der Waals surface area contributed by atoms with E-state index in [9.17, 15) is 57.1 Å². The van der Waals surface area contributed by atoms with Gasteiger partial charge in [0.15, 0.2) is 6.29 Å². The summed E-state index contributed by atoms with van der Waals surface area (Å²) in [6.45, 7) is 0.941. The first kappa shape index (κ1) is 26.0. The molecule has 0 aliphatic carbocycles. The Labute approximate surface area is 155 Å². The average Bonchev–Trinajstić information content (AvgIpc) is 2.58. The van der Waals surface area contributed by atoms with Crippen LogP contribution in [0.1, 0.15) is 26.2 Å². The smallest absolute Gasteiger partial charge is 0.352 e. The molecule has 1 saturated heterocycles. The number of hydrogen-bond donors (Lipinski definition) is 0. The van der Waals surface area contributed by atoms with Crippen LogP contribution in [-0.2, 0) is 9.47 Å². The minimum atomic E-state index is -7.86. The highest BCUT2D eigenvalue weighted by Gasteiger charge is 2.90. The second-order valence-corrected chi connectivity index (χ2v) is 6.41. The van der Waals surface area contributed by atoms with Crippen molar-refractivity contribution in [2.45, 2.75) is 68.3 Å². The van der Waals surface area contributed by atoms with Crippen LogP contribution in [0.25, 0.3) is 0 Å². The van der Waals surface area contributed by atoms with Gasteiger partial charge < -0.3 is 9.47 Å². The maximum Gasteiger partial charge on any atom is 0.460 e. The molecule has 29 heavy (non-hydrogen) atoms. The van der Waals surface area contributed by atoms with Crippen molar-refractivity contribution in [1.82, 2.24) is 0 Å². The Kier molecular flexibility index (Phi) is 7.12. The Morgan fingerprint density at radius 2 is 1.07 bits per heavy atom. The highest BCUT2D eigenvalue weighted by Crippen LogP contribution is 2.60. The Bertz CT molecular complexity index is 550. The highest BCUT2D eigenvalue weighted by molar-refractivity contribution is 5.10. The second-order valence-electron chi connectivity index (χ2n) is 6.41. The third kappa shape index (κ3) is 4.39. The molecule has 15 heteroatoms. The van der Waals surface area contributed by atoms with E-state index in [4.69, 9.17) is 9.47 Å². The lowest BCUT2D eigenvalue weighted by molar-refractivity contribution is -0.440. The molecular formula is C14H15F13O2. The molecule has 0 atom stereocenters. The molecule has 0 N–H and O–H groups in total. The van der Waals surface area contributed by atoms with Gasteiger partial charge in [0, 0.05) is 12.3 Å². The molecular weight excluding hydrogens is 447 g/mol. The molecule has 0 spiro atoms. The second kappa shape index (κ2) is 7.93. The molecule has 1 rings (SSSR count). The van der Waals surface area contributed by atoms with Gasteiger partial charge in [-0.25, -0.2) is 0 Å². The summed E-state index contributed by atoms with van der Waals surface area (Å²) in [6, 6.07) is 0. The van der Waals surface area contributed by atoms with Crippen molar-refractivity contribution in [3.05, 3.63) is 0 Å². The quantitative estimate of drug-likeness (QED) is 0.418. The fourth-order valence-corrected chi connectivity index (χ4v) is 2.33. The van der Waals surface area contributed by atoms with Gasteiger partial charge >= 0.3 is 35.8 Å². The van der Waals surface area contributed by atoms with Crippen molar-refractivity contribution < 1.29 is 66.5 Å². The van der Waals surface area contributed by atoms with Gasteiger partial charge in [-0.15, -0.1) is 0 Å². The summed E-state index contributed by atoms with van der Waals surface area (Å²) >= 11 is 0. The molecule has 0 amide bonds. The normalized spacial score (nSPS) is 23.4. The zero-order valence-electron chi connectivity index (χ0n) is 14.4.